The standard InChI is InChI=1S/C8H15NO3/c1-2-12-8(11)7-5-6(10)3-4-9-7/h6-7,9-10H,2-5H2,1H3/t6-,7+/m1/s1. The monoisotopic (exact) mass is 173 g/mol. The highest BCUT2D eigenvalue weighted by atomic mass is 16.5. The molecule has 4 nitrogen and oxygen atoms in total. The van der Waals surface area contributed by atoms with Crippen LogP contribution in [0.5, 0.6) is 0 Å². The summed E-state index contributed by atoms with van der Waals surface area (Å²) in [4.78, 5) is 11.1. The van der Waals surface area contributed by atoms with Crippen molar-refractivity contribution in [3.8, 4) is 0 Å². The lowest BCUT2D eigenvalue weighted by Crippen LogP contribution is -2.46. The molecule has 1 fully saturated rings. The first-order valence-corrected chi connectivity index (χ1v) is 4.32. The van der Waals surface area contributed by atoms with Crippen LogP contribution < -0.4 is 5.32 Å². The average molecular weight is 173 g/mol. The van der Waals surface area contributed by atoms with Crippen molar-refractivity contribution >= 4 is 5.97 Å². The molecule has 0 spiro atoms. The summed E-state index contributed by atoms with van der Waals surface area (Å²) in [6, 6.07) is -0.311. The van der Waals surface area contributed by atoms with Gasteiger partial charge in [0, 0.05) is 0 Å². The Morgan fingerprint density at radius 1 is 1.75 bits per heavy atom. The number of rotatable bonds is 2. The number of aliphatic hydroxyl groups excluding tert-OH is 1. The van der Waals surface area contributed by atoms with E-state index in [1.807, 2.05) is 0 Å². The zero-order valence-corrected chi connectivity index (χ0v) is 7.25. The van der Waals surface area contributed by atoms with Crippen molar-refractivity contribution in [3.63, 3.8) is 0 Å². The molecule has 70 valence electrons. The molecule has 0 aromatic heterocycles. The predicted molar refractivity (Wildman–Crippen MR) is 43.7 cm³/mol. The molecule has 2 N–H and O–H groups in total. The SMILES string of the molecule is CCOC(=O)[C@@H]1C[C@H](O)CCN1. The van der Waals surface area contributed by atoms with E-state index in [1.54, 1.807) is 6.92 Å². The molecule has 4 heteroatoms. The van der Waals surface area contributed by atoms with E-state index in [9.17, 15) is 9.90 Å². The van der Waals surface area contributed by atoms with E-state index in [2.05, 4.69) is 5.32 Å². The summed E-state index contributed by atoms with van der Waals surface area (Å²) in [5, 5.41) is 12.2. The van der Waals surface area contributed by atoms with Gasteiger partial charge < -0.3 is 15.2 Å². The van der Waals surface area contributed by atoms with Gasteiger partial charge >= 0.3 is 5.97 Å². The highest BCUT2D eigenvalue weighted by Crippen LogP contribution is 2.09. The van der Waals surface area contributed by atoms with Crippen LogP contribution >= 0.6 is 0 Å². The van der Waals surface area contributed by atoms with Crippen molar-refractivity contribution in [1.29, 1.82) is 0 Å². The third-order valence-corrected chi connectivity index (χ3v) is 1.95. The smallest absolute Gasteiger partial charge is 0.323 e. The van der Waals surface area contributed by atoms with Crippen LogP contribution in [0.1, 0.15) is 19.8 Å². The molecule has 1 saturated heterocycles. The fraction of sp³-hybridized carbons (Fsp3) is 0.875. The van der Waals surface area contributed by atoms with Crippen molar-refractivity contribution in [1.82, 2.24) is 5.32 Å². The minimum Gasteiger partial charge on any atom is -0.465 e. The number of hydrogen-bond acceptors (Lipinski definition) is 4. The molecule has 0 radical (unpaired) electrons. The zero-order valence-electron chi connectivity index (χ0n) is 7.25. The van der Waals surface area contributed by atoms with Gasteiger partial charge in [0.1, 0.15) is 6.04 Å². The Hall–Kier alpha value is -0.610. The van der Waals surface area contributed by atoms with Crippen LogP contribution in [0.15, 0.2) is 0 Å². The van der Waals surface area contributed by atoms with Gasteiger partial charge in [0.15, 0.2) is 0 Å². The normalized spacial score (nSPS) is 29.8. The maximum Gasteiger partial charge on any atom is 0.323 e. The van der Waals surface area contributed by atoms with Crippen molar-refractivity contribution in [2.75, 3.05) is 13.2 Å². The first-order chi connectivity index (χ1) is 5.74. The minimum absolute atomic E-state index is 0.253. The van der Waals surface area contributed by atoms with Crippen molar-refractivity contribution in [3.05, 3.63) is 0 Å². The molecule has 0 aromatic carbocycles. The summed E-state index contributed by atoms with van der Waals surface area (Å²) in [5.74, 6) is -0.253. The van der Waals surface area contributed by atoms with E-state index in [1.165, 1.54) is 0 Å². The summed E-state index contributed by atoms with van der Waals surface area (Å²) < 4.78 is 4.82. The van der Waals surface area contributed by atoms with Gasteiger partial charge in [-0.3, -0.25) is 4.79 Å². The van der Waals surface area contributed by atoms with Crippen molar-refractivity contribution in [2.24, 2.45) is 0 Å². The number of hydrogen-bond donors (Lipinski definition) is 2. The zero-order chi connectivity index (χ0) is 8.97. The molecule has 1 aliphatic heterocycles. The van der Waals surface area contributed by atoms with Gasteiger partial charge in [-0.15, -0.1) is 0 Å². The largest absolute Gasteiger partial charge is 0.465 e. The number of ether oxygens (including phenoxy) is 1. The van der Waals surface area contributed by atoms with Crippen LogP contribution in [0.25, 0.3) is 0 Å². The van der Waals surface area contributed by atoms with Crippen LogP contribution in [0.3, 0.4) is 0 Å². The van der Waals surface area contributed by atoms with Crippen LogP contribution in [-0.2, 0) is 9.53 Å². The number of aliphatic hydroxyl groups is 1. The fourth-order valence-corrected chi connectivity index (χ4v) is 1.32. The van der Waals surface area contributed by atoms with Gasteiger partial charge in [-0.2, -0.15) is 0 Å². The quantitative estimate of drug-likeness (QED) is 0.561. The Kier molecular flexibility index (Phi) is 3.49. The molecule has 1 aliphatic rings. The van der Waals surface area contributed by atoms with Gasteiger partial charge in [-0.1, -0.05) is 0 Å². The lowest BCUT2D eigenvalue weighted by Gasteiger charge is -2.25. The van der Waals surface area contributed by atoms with Gasteiger partial charge in [0.2, 0.25) is 0 Å². The second-order valence-corrected chi connectivity index (χ2v) is 2.94. The minimum atomic E-state index is -0.361. The van der Waals surface area contributed by atoms with Gasteiger partial charge in [-0.25, -0.2) is 0 Å². The number of piperidine rings is 1. The molecule has 0 amide bonds. The fourth-order valence-electron chi connectivity index (χ4n) is 1.32. The number of carbonyl (C=O) groups is 1. The summed E-state index contributed by atoms with van der Waals surface area (Å²) in [7, 11) is 0. The summed E-state index contributed by atoms with van der Waals surface area (Å²) >= 11 is 0. The maximum absolute atomic E-state index is 11.1. The van der Waals surface area contributed by atoms with Crippen LogP contribution in [0.4, 0.5) is 0 Å². The molecule has 1 rings (SSSR count). The Morgan fingerprint density at radius 3 is 3.08 bits per heavy atom. The van der Waals surface area contributed by atoms with E-state index in [-0.39, 0.29) is 18.1 Å². The second-order valence-electron chi connectivity index (χ2n) is 2.94. The first-order valence-electron chi connectivity index (χ1n) is 4.32. The molecular formula is C8H15NO3. The predicted octanol–water partition coefficient (Wildman–Crippen LogP) is -0.338. The first kappa shape index (κ1) is 9.48. The van der Waals surface area contributed by atoms with Crippen LogP contribution in [0, 0.1) is 0 Å². The third kappa shape index (κ3) is 2.46. The highest BCUT2D eigenvalue weighted by molar-refractivity contribution is 5.75. The van der Waals surface area contributed by atoms with E-state index >= 15 is 0 Å². The summed E-state index contributed by atoms with van der Waals surface area (Å²) in [6.07, 6.45) is 0.829. The van der Waals surface area contributed by atoms with Gasteiger partial charge in [0.05, 0.1) is 12.7 Å². The second kappa shape index (κ2) is 4.42. The molecule has 1 heterocycles. The van der Waals surface area contributed by atoms with Gasteiger partial charge in [-0.05, 0) is 26.3 Å². The van der Waals surface area contributed by atoms with Gasteiger partial charge in [0.25, 0.3) is 0 Å². The van der Waals surface area contributed by atoms with E-state index in [0.29, 0.717) is 19.6 Å². The Balaban J connectivity index is 2.35. The molecule has 12 heavy (non-hydrogen) atoms. The molecule has 0 saturated carbocycles. The van der Waals surface area contributed by atoms with E-state index in [0.717, 1.165) is 6.42 Å². The molecule has 0 unspecified atom stereocenters. The van der Waals surface area contributed by atoms with Crippen LogP contribution in [-0.4, -0.2) is 36.4 Å². The molecular weight excluding hydrogens is 158 g/mol. The molecule has 0 aromatic rings. The third-order valence-electron chi connectivity index (χ3n) is 1.95. The number of esters is 1. The van der Waals surface area contributed by atoms with Crippen LogP contribution in [0.2, 0.25) is 0 Å². The number of carbonyl (C=O) groups excluding carboxylic acids is 1. The topological polar surface area (TPSA) is 58.6 Å². The van der Waals surface area contributed by atoms with Crippen molar-refractivity contribution < 1.29 is 14.6 Å². The Labute approximate surface area is 71.9 Å². The van der Waals surface area contributed by atoms with E-state index < -0.39 is 0 Å². The summed E-state index contributed by atoms with van der Waals surface area (Å²) in [6.45, 7) is 2.86. The maximum atomic E-state index is 11.1. The average Bonchev–Trinajstić information content (AvgIpc) is 2.05. The summed E-state index contributed by atoms with van der Waals surface area (Å²) in [5.41, 5.74) is 0. The number of nitrogens with one attached hydrogen (secondary N) is 1. The van der Waals surface area contributed by atoms with Crippen molar-refractivity contribution in [2.45, 2.75) is 31.9 Å². The lowest BCUT2D eigenvalue weighted by molar-refractivity contribution is -0.147. The highest BCUT2D eigenvalue weighted by Gasteiger charge is 2.26. The van der Waals surface area contributed by atoms with E-state index in [4.69, 9.17) is 4.74 Å². The molecule has 0 aliphatic carbocycles. The molecule has 0 bridgehead atoms. The Bertz CT molecular complexity index is 160. The molecule has 2 atom stereocenters. The Morgan fingerprint density at radius 2 is 2.50 bits per heavy atom. The lowest BCUT2D eigenvalue weighted by atomic mass is 10.0.